The molecule has 0 aromatic carbocycles. The Morgan fingerprint density at radius 1 is 1.33 bits per heavy atom. The molecule has 0 spiro atoms. The van der Waals surface area contributed by atoms with Crippen LogP contribution >= 0.6 is 11.6 Å². The first kappa shape index (κ1) is 15.8. The number of carboxylic acids is 1. The molecule has 0 atom stereocenters. The van der Waals surface area contributed by atoms with Crippen LogP contribution in [-0.4, -0.2) is 59.9 Å². The normalized spacial score (nSPS) is 17.0. The molecule has 0 bridgehead atoms. The van der Waals surface area contributed by atoms with Crippen LogP contribution in [0.1, 0.15) is 10.4 Å². The molecule has 0 amide bonds. The third kappa shape index (κ3) is 4.21. The minimum Gasteiger partial charge on any atom is -0.478 e. The highest BCUT2D eigenvalue weighted by molar-refractivity contribution is 6.33. The van der Waals surface area contributed by atoms with Crippen LogP contribution in [0, 0.1) is 0 Å². The Balaban J connectivity index is 2.02. The molecule has 116 valence electrons. The number of piperazine rings is 1. The predicted octanol–water partition coefficient (Wildman–Crippen LogP) is 2.12. The molecule has 1 fully saturated rings. The van der Waals surface area contributed by atoms with E-state index in [1.54, 1.807) is 4.90 Å². The average molecular weight is 324 g/mol. The molecule has 9 heteroatoms. The number of hydrogen-bond acceptors (Lipinski definition) is 4. The molecule has 1 aromatic rings. The quantitative estimate of drug-likeness (QED) is 0.923. The van der Waals surface area contributed by atoms with Crippen molar-refractivity contribution in [2.45, 2.75) is 6.18 Å². The summed E-state index contributed by atoms with van der Waals surface area (Å²) in [6, 6.07) is 1.34. The molecule has 1 aromatic heterocycles. The lowest BCUT2D eigenvalue weighted by Gasteiger charge is -2.35. The van der Waals surface area contributed by atoms with Gasteiger partial charge in [-0.05, 0) is 6.07 Å². The van der Waals surface area contributed by atoms with Gasteiger partial charge in [-0.25, -0.2) is 9.78 Å². The number of rotatable bonds is 3. The summed E-state index contributed by atoms with van der Waals surface area (Å²) in [5.41, 5.74) is -0.0700. The van der Waals surface area contributed by atoms with Gasteiger partial charge in [-0.2, -0.15) is 13.2 Å². The maximum Gasteiger partial charge on any atom is 0.401 e. The molecule has 0 unspecified atom stereocenters. The minimum atomic E-state index is -4.21. The third-order valence-corrected chi connectivity index (χ3v) is 3.47. The second-order valence-corrected chi connectivity index (χ2v) is 5.11. The first-order valence-corrected chi connectivity index (χ1v) is 6.57. The molecule has 1 aliphatic rings. The molecule has 21 heavy (non-hydrogen) atoms. The van der Waals surface area contributed by atoms with Gasteiger partial charge in [0, 0.05) is 32.4 Å². The number of pyridine rings is 1. The molecule has 1 N–H and O–H groups in total. The topological polar surface area (TPSA) is 56.7 Å². The van der Waals surface area contributed by atoms with Crippen LogP contribution in [0.3, 0.4) is 0 Å². The summed E-state index contributed by atoms with van der Waals surface area (Å²) in [7, 11) is 0. The maximum absolute atomic E-state index is 12.3. The molecule has 0 aliphatic carbocycles. The molecule has 0 radical (unpaired) electrons. The van der Waals surface area contributed by atoms with E-state index in [0.29, 0.717) is 18.9 Å². The van der Waals surface area contributed by atoms with Crippen LogP contribution in [0.15, 0.2) is 12.3 Å². The van der Waals surface area contributed by atoms with Crippen LogP contribution in [0.4, 0.5) is 19.0 Å². The Morgan fingerprint density at radius 3 is 2.48 bits per heavy atom. The SMILES string of the molecule is O=C(O)c1cc(N2CCN(CC(F)(F)F)CC2)ncc1Cl. The van der Waals surface area contributed by atoms with E-state index in [9.17, 15) is 18.0 Å². The fourth-order valence-electron chi connectivity index (χ4n) is 2.15. The zero-order valence-corrected chi connectivity index (χ0v) is 11.7. The summed E-state index contributed by atoms with van der Waals surface area (Å²) in [6.07, 6.45) is -2.97. The molecule has 1 saturated heterocycles. The van der Waals surface area contributed by atoms with Gasteiger partial charge in [0.1, 0.15) is 5.82 Å². The van der Waals surface area contributed by atoms with Crippen molar-refractivity contribution in [3.05, 3.63) is 22.8 Å². The van der Waals surface area contributed by atoms with Crippen molar-refractivity contribution >= 4 is 23.4 Å². The monoisotopic (exact) mass is 323 g/mol. The number of hydrogen-bond donors (Lipinski definition) is 1. The van der Waals surface area contributed by atoms with Crippen LogP contribution in [0.5, 0.6) is 0 Å². The molecule has 5 nitrogen and oxygen atoms in total. The highest BCUT2D eigenvalue weighted by Gasteiger charge is 2.32. The molecular formula is C12H13ClF3N3O2. The van der Waals surface area contributed by atoms with Gasteiger partial charge in [-0.15, -0.1) is 0 Å². The lowest BCUT2D eigenvalue weighted by molar-refractivity contribution is -0.146. The van der Waals surface area contributed by atoms with Gasteiger partial charge in [0.05, 0.1) is 17.1 Å². The summed E-state index contributed by atoms with van der Waals surface area (Å²) < 4.78 is 36.9. The fraction of sp³-hybridized carbons (Fsp3) is 0.500. The maximum atomic E-state index is 12.3. The fourth-order valence-corrected chi connectivity index (χ4v) is 2.34. The summed E-state index contributed by atoms with van der Waals surface area (Å²) in [4.78, 5) is 18.1. The Kier molecular flexibility index (Phi) is 4.58. The van der Waals surface area contributed by atoms with Crippen molar-refractivity contribution in [3.8, 4) is 0 Å². The first-order valence-electron chi connectivity index (χ1n) is 6.19. The highest BCUT2D eigenvalue weighted by atomic mass is 35.5. The Bertz CT molecular complexity index is 531. The van der Waals surface area contributed by atoms with Crippen molar-refractivity contribution in [2.24, 2.45) is 0 Å². The lowest BCUT2D eigenvalue weighted by Crippen LogP contribution is -2.49. The van der Waals surface area contributed by atoms with Gasteiger partial charge in [0.2, 0.25) is 0 Å². The molecule has 2 rings (SSSR count). The standard InChI is InChI=1S/C12H13ClF3N3O2/c13-9-6-17-10(5-8(9)11(20)21)19-3-1-18(2-4-19)7-12(14,15)16/h5-6H,1-4,7H2,(H,20,21). The first-order chi connectivity index (χ1) is 9.76. The zero-order valence-electron chi connectivity index (χ0n) is 10.9. The van der Waals surface area contributed by atoms with Crippen molar-refractivity contribution in [2.75, 3.05) is 37.6 Å². The number of anilines is 1. The number of alkyl halides is 3. The second kappa shape index (κ2) is 6.07. The van der Waals surface area contributed by atoms with Crippen molar-refractivity contribution < 1.29 is 23.1 Å². The molecular weight excluding hydrogens is 311 g/mol. The summed E-state index contributed by atoms with van der Waals surface area (Å²) in [6.45, 7) is 0.251. The number of nitrogens with zero attached hydrogens (tertiary/aromatic N) is 3. The van der Waals surface area contributed by atoms with Crippen molar-refractivity contribution in [3.63, 3.8) is 0 Å². The van der Waals surface area contributed by atoms with Gasteiger partial charge in [-0.3, -0.25) is 4.90 Å². The Morgan fingerprint density at radius 2 is 1.95 bits per heavy atom. The predicted molar refractivity (Wildman–Crippen MR) is 70.9 cm³/mol. The van der Waals surface area contributed by atoms with Gasteiger partial charge >= 0.3 is 12.1 Å². The summed E-state index contributed by atoms with van der Waals surface area (Å²) >= 11 is 5.73. The van der Waals surface area contributed by atoms with E-state index in [0.717, 1.165) is 0 Å². The second-order valence-electron chi connectivity index (χ2n) is 4.71. The molecule has 1 aliphatic heterocycles. The lowest BCUT2D eigenvalue weighted by atomic mass is 10.2. The van der Waals surface area contributed by atoms with E-state index in [-0.39, 0.29) is 23.7 Å². The van der Waals surface area contributed by atoms with Gasteiger partial charge in [-0.1, -0.05) is 11.6 Å². The smallest absolute Gasteiger partial charge is 0.401 e. The van der Waals surface area contributed by atoms with Crippen LogP contribution < -0.4 is 4.90 Å². The Hall–Kier alpha value is -1.54. The molecule has 2 heterocycles. The van der Waals surface area contributed by atoms with Crippen molar-refractivity contribution in [1.82, 2.24) is 9.88 Å². The van der Waals surface area contributed by atoms with Crippen LogP contribution in [0.25, 0.3) is 0 Å². The summed E-state index contributed by atoms with van der Waals surface area (Å²) in [5, 5.41) is 9.02. The number of halogens is 4. The number of aromatic carboxylic acids is 1. The third-order valence-electron chi connectivity index (χ3n) is 3.17. The van der Waals surface area contributed by atoms with Gasteiger partial charge < -0.3 is 10.0 Å². The molecule has 0 saturated carbocycles. The largest absolute Gasteiger partial charge is 0.478 e. The van der Waals surface area contributed by atoms with Gasteiger partial charge in [0.25, 0.3) is 0 Å². The van der Waals surface area contributed by atoms with Gasteiger partial charge in [0.15, 0.2) is 0 Å². The van der Waals surface area contributed by atoms with E-state index in [4.69, 9.17) is 16.7 Å². The number of carbonyl (C=O) groups is 1. The van der Waals surface area contributed by atoms with E-state index < -0.39 is 18.7 Å². The Labute approximate surface area is 123 Å². The average Bonchev–Trinajstić information content (AvgIpc) is 2.38. The van der Waals surface area contributed by atoms with E-state index in [1.807, 2.05) is 0 Å². The van der Waals surface area contributed by atoms with Crippen LogP contribution in [0.2, 0.25) is 5.02 Å². The highest BCUT2D eigenvalue weighted by Crippen LogP contribution is 2.23. The van der Waals surface area contributed by atoms with E-state index in [1.165, 1.54) is 17.2 Å². The number of aromatic nitrogens is 1. The van der Waals surface area contributed by atoms with Crippen molar-refractivity contribution in [1.29, 1.82) is 0 Å². The minimum absolute atomic E-state index is 0.0296. The van der Waals surface area contributed by atoms with Crippen LogP contribution in [-0.2, 0) is 0 Å². The zero-order chi connectivity index (χ0) is 15.6. The van der Waals surface area contributed by atoms with E-state index >= 15 is 0 Å². The number of carboxylic acid groups (broad SMARTS) is 1. The summed E-state index contributed by atoms with van der Waals surface area (Å²) in [5.74, 6) is -0.761. The van der Waals surface area contributed by atoms with E-state index in [2.05, 4.69) is 4.98 Å².